The summed E-state index contributed by atoms with van der Waals surface area (Å²) in [5, 5.41) is 43.6. The number of ether oxygens (including phenoxy) is 4. The van der Waals surface area contributed by atoms with Crippen LogP contribution in [0.3, 0.4) is 0 Å². The number of aliphatic hydroxyl groups is 3. The van der Waals surface area contributed by atoms with E-state index in [1.807, 2.05) is 0 Å². The van der Waals surface area contributed by atoms with Crippen molar-refractivity contribution < 1.29 is 66.1 Å². The number of nitrogens with one attached hydrogen (secondary N) is 1. The summed E-state index contributed by atoms with van der Waals surface area (Å²) in [5.41, 5.74) is 0. The molecule has 0 aromatic heterocycles. The molecule has 192 valence electrons. The number of aliphatic hydroxyl groups excluding tert-OH is 3. The summed E-state index contributed by atoms with van der Waals surface area (Å²) in [7, 11) is -2.52. The van der Waals surface area contributed by atoms with Crippen LogP contribution in [-0.2, 0) is 43.1 Å². The molecule has 0 spiro atoms. The predicted octanol–water partition coefficient (Wildman–Crippen LogP) is -3.36. The molecule has 1 amide bonds. The molecule has 1 saturated heterocycles. The number of rotatable bonds is 9. The third-order valence-corrected chi connectivity index (χ3v) is 5.96. The van der Waals surface area contributed by atoms with Crippen LogP contribution in [0.1, 0.15) is 13.3 Å². The van der Waals surface area contributed by atoms with Gasteiger partial charge in [-0.1, -0.05) is 0 Å². The number of carboxylic acid groups (broad SMARTS) is 1. The van der Waals surface area contributed by atoms with Crippen molar-refractivity contribution in [3.8, 4) is 0 Å². The van der Waals surface area contributed by atoms with Gasteiger partial charge in [0.25, 0.3) is 0 Å². The van der Waals surface area contributed by atoms with Gasteiger partial charge in [0.1, 0.15) is 36.6 Å². The minimum atomic E-state index is -4.88. The third kappa shape index (κ3) is 6.78. The first-order chi connectivity index (χ1) is 15.3. The maximum Gasteiger partial charge on any atom is 0.397 e. The summed E-state index contributed by atoms with van der Waals surface area (Å²) in [5.74, 6) is -3.17. The normalized spacial score (nSPS) is 39.7. The van der Waals surface area contributed by atoms with Gasteiger partial charge in [0.05, 0.1) is 24.7 Å². The topological polar surface area (TPSA) is 228 Å². The number of hydrogen-bond donors (Lipinski definition) is 6. The Morgan fingerprint density at radius 3 is 2.18 bits per heavy atom. The monoisotopic (exact) mass is 503 g/mol. The van der Waals surface area contributed by atoms with Crippen molar-refractivity contribution in [2.24, 2.45) is 5.92 Å². The Morgan fingerprint density at radius 2 is 1.70 bits per heavy atom. The summed E-state index contributed by atoms with van der Waals surface area (Å²) in [6.45, 7) is 0.304. The van der Waals surface area contributed by atoms with Gasteiger partial charge in [0.2, 0.25) is 5.91 Å². The van der Waals surface area contributed by atoms with Crippen LogP contribution in [0.15, 0.2) is 0 Å². The van der Waals surface area contributed by atoms with Crippen LogP contribution in [0.25, 0.3) is 0 Å². The summed E-state index contributed by atoms with van der Waals surface area (Å²) in [4.78, 5) is 23.4. The molecule has 0 aromatic carbocycles. The van der Waals surface area contributed by atoms with Crippen LogP contribution in [0.2, 0.25) is 0 Å². The quantitative estimate of drug-likeness (QED) is 0.169. The van der Waals surface area contributed by atoms with E-state index in [1.165, 1.54) is 14.2 Å². The summed E-state index contributed by atoms with van der Waals surface area (Å²) < 4.78 is 56.3. The molecular weight excluding hydrogens is 474 g/mol. The highest BCUT2D eigenvalue weighted by Crippen LogP contribution is 2.33. The van der Waals surface area contributed by atoms with E-state index in [2.05, 4.69) is 9.50 Å². The molecule has 2 aliphatic rings. The number of carbonyl (C=O) groups is 2. The highest BCUT2D eigenvalue weighted by molar-refractivity contribution is 7.80. The molecule has 2 fully saturated rings. The largest absolute Gasteiger partial charge is 0.481 e. The number of methoxy groups -OCH3 is 2. The highest BCUT2D eigenvalue weighted by atomic mass is 32.3. The molecule has 15 nitrogen and oxygen atoms in total. The maximum atomic E-state index is 11.7. The van der Waals surface area contributed by atoms with Gasteiger partial charge in [-0.3, -0.25) is 14.1 Å². The molecule has 4 unspecified atom stereocenters. The predicted molar refractivity (Wildman–Crippen MR) is 104 cm³/mol. The van der Waals surface area contributed by atoms with Gasteiger partial charge in [-0.25, -0.2) is 4.18 Å². The van der Waals surface area contributed by atoms with Crippen molar-refractivity contribution in [1.29, 1.82) is 0 Å². The Balaban J connectivity index is 2.33. The number of aliphatic carboxylic acids is 1. The Morgan fingerprint density at radius 1 is 1.06 bits per heavy atom. The van der Waals surface area contributed by atoms with Crippen LogP contribution in [-0.4, -0.2) is 121 Å². The summed E-state index contributed by atoms with van der Waals surface area (Å²) >= 11 is 0. The van der Waals surface area contributed by atoms with E-state index < -0.39 is 89.9 Å². The van der Waals surface area contributed by atoms with E-state index in [0.29, 0.717) is 0 Å². The number of amides is 1. The molecule has 1 aliphatic carbocycles. The van der Waals surface area contributed by atoms with Gasteiger partial charge in [-0.2, -0.15) is 8.42 Å². The van der Waals surface area contributed by atoms with E-state index in [9.17, 15) is 38.4 Å². The summed E-state index contributed by atoms with van der Waals surface area (Å²) in [6, 6.07) is -1.20. The van der Waals surface area contributed by atoms with Crippen molar-refractivity contribution in [2.75, 3.05) is 20.8 Å². The van der Waals surface area contributed by atoms with Crippen LogP contribution < -0.4 is 5.32 Å². The fraction of sp³-hybridized carbons (Fsp3) is 0.882. The summed E-state index contributed by atoms with van der Waals surface area (Å²) in [6.07, 6.45) is -12.1. The van der Waals surface area contributed by atoms with E-state index in [1.54, 1.807) is 0 Å². The minimum Gasteiger partial charge on any atom is -0.481 e. The molecule has 33 heavy (non-hydrogen) atoms. The van der Waals surface area contributed by atoms with Crippen molar-refractivity contribution in [3.63, 3.8) is 0 Å². The van der Waals surface area contributed by atoms with Crippen molar-refractivity contribution in [1.82, 2.24) is 5.32 Å². The first-order valence-electron chi connectivity index (χ1n) is 9.83. The molecule has 0 bridgehead atoms. The zero-order valence-corrected chi connectivity index (χ0v) is 18.8. The van der Waals surface area contributed by atoms with Crippen LogP contribution in [0.5, 0.6) is 0 Å². The second-order valence-corrected chi connectivity index (χ2v) is 8.80. The molecule has 1 heterocycles. The number of hydrogen-bond acceptors (Lipinski definition) is 12. The average molecular weight is 503 g/mol. The molecule has 2 rings (SSSR count). The highest BCUT2D eigenvalue weighted by Gasteiger charge is 2.52. The van der Waals surface area contributed by atoms with Gasteiger partial charge >= 0.3 is 16.4 Å². The average Bonchev–Trinajstić information content (AvgIpc) is 2.71. The molecule has 0 aromatic rings. The van der Waals surface area contributed by atoms with Gasteiger partial charge in [-0.05, 0) is 6.42 Å². The number of carbonyl (C=O) groups excluding carboxylic acids is 1. The lowest BCUT2D eigenvalue weighted by Gasteiger charge is -2.47. The fourth-order valence-corrected chi connectivity index (χ4v) is 4.32. The lowest BCUT2D eigenvalue weighted by molar-refractivity contribution is -0.287. The molecule has 1 saturated carbocycles. The van der Waals surface area contributed by atoms with Crippen molar-refractivity contribution in [2.45, 2.75) is 68.4 Å². The molecule has 16 heteroatoms. The molecule has 0 radical (unpaired) electrons. The Hall–Kier alpha value is -1.47. The second kappa shape index (κ2) is 11.3. The molecular formula is C17H29NO14S. The van der Waals surface area contributed by atoms with Crippen LogP contribution in [0, 0.1) is 5.92 Å². The standard InChI is InChI=1S/C17H29NO14S/c1-6(19)18-10-15(12(21)9(32-17(10)29-3)5-30-33(25,26)27)31-8-4-7(16(23)24)14(28-2)13(22)11(8)20/h7-15,17,20-22H,4-5H2,1-3H3,(H,18,19)(H,23,24)(H,25,26,27)/t7?,8-,9?,10?,11?,12+,13-,14-,15-,17-/m1/s1. The van der Waals surface area contributed by atoms with Gasteiger partial charge in [0.15, 0.2) is 6.29 Å². The van der Waals surface area contributed by atoms with Crippen molar-refractivity contribution >= 4 is 22.3 Å². The van der Waals surface area contributed by atoms with Crippen LogP contribution in [0.4, 0.5) is 0 Å². The SMILES string of the molecule is CO[C@@H]1OC(COS(=O)(=O)O)[C@H](O)[C@H](O[C@@H]2CC(C(=O)O)[C@@H](OC)[C@H](O)C2O)C1NC(C)=O. The van der Waals surface area contributed by atoms with E-state index in [4.69, 9.17) is 23.5 Å². The first kappa shape index (κ1) is 27.8. The molecule has 6 N–H and O–H groups in total. The Kier molecular flexibility index (Phi) is 9.51. The smallest absolute Gasteiger partial charge is 0.397 e. The van der Waals surface area contributed by atoms with Gasteiger partial charge in [0, 0.05) is 21.1 Å². The van der Waals surface area contributed by atoms with E-state index >= 15 is 0 Å². The third-order valence-electron chi connectivity index (χ3n) is 5.53. The Labute approximate surface area is 189 Å². The van der Waals surface area contributed by atoms with Gasteiger partial charge < -0.3 is 44.7 Å². The van der Waals surface area contributed by atoms with Crippen LogP contribution >= 0.6 is 0 Å². The number of carboxylic acids is 1. The minimum absolute atomic E-state index is 0.327. The zero-order chi connectivity index (χ0) is 25.1. The lowest BCUT2D eigenvalue weighted by atomic mass is 9.80. The van der Waals surface area contributed by atoms with E-state index in [0.717, 1.165) is 6.92 Å². The lowest BCUT2D eigenvalue weighted by Crippen LogP contribution is -2.67. The van der Waals surface area contributed by atoms with E-state index in [-0.39, 0.29) is 6.42 Å². The fourth-order valence-electron chi connectivity index (χ4n) is 4.02. The molecule has 10 atom stereocenters. The maximum absolute atomic E-state index is 11.7. The zero-order valence-electron chi connectivity index (χ0n) is 18.0. The van der Waals surface area contributed by atoms with Gasteiger partial charge in [-0.15, -0.1) is 0 Å². The molecule has 1 aliphatic heterocycles. The first-order valence-corrected chi connectivity index (χ1v) is 11.2. The second-order valence-electron chi connectivity index (χ2n) is 7.71. The Bertz CT molecular complexity index is 793. The van der Waals surface area contributed by atoms with Crippen molar-refractivity contribution in [3.05, 3.63) is 0 Å².